The van der Waals surface area contributed by atoms with Crippen molar-refractivity contribution in [2.24, 2.45) is 0 Å². The number of hydrogen-bond acceptors (Lipinski definition) is 3. The smallest absolute Gasteiger partial charge is 0.242 e. The van der Waals surface area contributed by atoms with Gasteiger partial charge in [0.25, 0.3) is 0 Å². The summed E-state index contributed by atoms with van der Waals surface area (Å²) in [5, 5.41) is 5.66. The van der Waals surface area contributed by atoms with Gasteiger partial charge in [-0.1, -0.05) is 6.07 Å². The van der Waals surface area contributed by atoms with Gasteiger partial charge in [-0.25, -0.2) is 4.39 Å². The highest BCUT2D eigenvalue weighted by molar-refractivity contribution is 5.84. The van der Waals surface area contributed by atoms with Gasteiger partial charge < -0.3 is 15.1 Å². The molecule has 1 amide bonds. The first-order valence-electron chi connectivity index (χ1n) is 5.97. The second-order valence-corrected chi connectivity index (χ2v) is 4.17. The fourth-order valence-corrected chi connectivity index (χ4v) is 1.63. The Morgan fingerprint density at radius 1 is 1.37 bits per heavy atom. The molecule has 2 N–H and O–H groups in total. The van der Waals surface area contributed by atoms with Crippen molar-refractivity contribution in [3.8, 4) is 0 Å². The molecule has 0 radical (unpaired) electrons. The van der Waals surface area contributed by atoms with Crippen LogP contribution in [0.2, 0.25) is 0 Å². The minimum Gasteiger partial charge on any atom is -0.467 e. The third-order valence-corrected chi connectivity index (χ3v) is 2.62. The first-order valence-corrected chi connectivity index (χ1v) is 5.97. The Morgan fingerprint density at radius 2 is 2.21 bits per heavy atom. The number of amides is 1. The second-order valence-electron chi connectivity index (χ2n) is 4.17. The van der Waals surface area contributed by atoms with E-state index in [-0.39, 0.29) is 11.7 Å². The van der Waals surface area contributed by atoms with Crippen molar-refractivity contribution in [3.63, 3.8) is 0 Å². The molecular weight excluding hydrogens is 247 g/mol. The topological polar surface area (TPSA) is 54.3 Å². The Labute approximate surface area is 110 Å². The van der Waals surface area contributed by atoms with Gasteiger partial charge in [0.05, 0.1) is 12.8 Å². The minimum atomic E-state index is -0.461. The molecule has 1 aromatic carbocycles. The lowest BCUT2D eigenvalue weighted by Crippen LogP contribution is -2.37. The molecule has 0 bridgehead atoms. The number of rotatable bonds is 5. The molecule has 1 aromatic heterocycles. The highest BCUT2D eigenvalue weighted by Crippen LogP contribution is 2.10. The van der Waals surface area contributed by atoms with Crippen LogP contribution in [0.5, 0.6) is 0 Å². The van der Waals surface area contributed by atoms with Crippen LogP contribution in [0.3, 0.4) is 0 Å². The lowest BCUT2D eigenvalue weighted by molar-refractivity contribution is -0.121. The van der Waals surface area contributed by atoms with Crippen molar-refractivity contribution in [2.45, 2.75) is 19.5 Å². The molecule has 2 aromatic rings. The lowest BCUT2D eigenvalue weighted by Gasteiger charge is -2.14. The van der Waals surface area contributed by atoms with Gasteiger partial charge in [0, 0.05) is 5.69 Å². The van der Waals surface area contributed by atoms with Crippen LogP contribution in [0.25, 0.3) is 0 Å². The third-order valence-electron chi connectivity index (χ3n) is 2.62. The summed E-state index contributed by atoms with van der Waals surface area (Å²) in [6, 6.07) is 9.07. The summed E-state index contributed by atoms with van der Waals surface area (Å²) in [5.74, 6) is 0.167. The van der Waals surface area contributed by atoms with Crippen molar-refractivity contribution < 1.29 is 13.6 Å². The van der Waals surface area contributed by atoms with E-state index in [0.29, 0.717) is 18.0 Å². The van der Waals surface area contributed by atoms with E-state index in [4.69, 9.17) is 4.42 Å². The molecule has 0 saturated heterocycles. The Morgan fingerprint density at radius 3 is 2.89 bits per heavy atom. The molecule has 5 heteroatoms. The summed E-state index contributed by atoms with van der Waals surface area (Å²) in [6.45, 7) is 2.05. The summed E-state index contributed by atoms with van der Waals surface area (Å²) in [6.07, 6.45) is 1.55. The van der Waals surface area contributed by atoms with Gasteiger partial charge in [0.2, 0.25) is 5.91 Å². The average Bonchev–Trinajstić information content (AvgIpc) is 2.89. The van der Waals surface area contributed by atoms with E-state index < -0.39 is 6.04 Å². The second kappa shape index (κ2) is 6.04. The van der Waals surface area contributed by atoms with Gasteiger partial charge in [0.1, 0.15) is 17.6 Å². The Kier molecular flexibility index (Phi) is 4.18. The molecule has 0 aliphatic rings. The van der Waals surface area contributed by atoms with Crippen molar-refractivity contribution in [1.82, 2.24) is 5.32 Å². The van der Waals surface area contributed by atoms with Gasteiger partial charge >= 0.3 is 0 Å². The standard InChI is InChI=1S/C14H15FN2O2/c1-10(17-12-5-2-4-11(15)8-12)14(18)16-9-13-6-3-7-19-13/h2-8,10,17H,9H2,1H3,(H,16,18). The fraction of sp³-hybridized carbons (Fsp3) is 0.214. The maximum atomic E-state index is 13.0. The Hall–Kier alpha value is -2.30. The maximum Gasteiger partial charge on any atom is 0.242 e. The average molecular weight is 262 g/mol. The van der Waals surface area contributed by atoms with E-state index in [0.717, 1.165) is 0 Å². The summed E-state index contributed by atoms with van der Waals surface area (Å²) in [7, 11) is 0. The molecular formula is C14H15FN2O2. The number of carbonyl (C=O) groups is 1. The van der Waals surface area contributed by atoms with E-state index in [9.17, 15) is 9.18 Å². The van der Waals surface area contributed by atoms with Crippen LogP contribution in [-0.2, 0) is 11.3 Å². The highest BCUT2D eigenvalue weighted by atomic mass is 19.1. The van der Waals surface area contributed by atoms with Gasteiger partial charge in [-0.15, -0.1) is 0 Å². The zero-order valence-corrected chi connectivity index (χ0v) is 10.5. The molecule has 0 fully saturated rings. The molecule has 1 heterocycles. The molecule has 0 saturated carbocycles. The Balaban J connectivity index is 1.85. The Bertz CT molecular complexity index is 540. The van der Waals surface area contributed by atoms with Gasteiger partial charge in [0.15, 0.2) is 0 Å². The molecule has 19 heavy (non-hydrogen) atoms. The van der Waals surface area contributed by atoms with Crippen LogP contribution in [0, 0.1) is 5.82 Å². The van der Waals surface area contributed by atoms with Crippen LogP contribution in [-0.4, -0.2) is 11.9 Å². The van der Waals surface area contributed by atoms with E-state index >= 15 is 0 Å². The first kappa shape index (κ1) is 13.1. The van der Waals surface area contributed by atoms with Crippen molar-refractivity contribution in [2.75, 3.05) is 5.32 Å². The van der Waals surface area contributed by atoms with Crippen molar-refractivity contribution in [1.29, 1.82) is 0 Å². The third kappa shape index (κ3) is 3.84. The maximum absolute atomic E-state index is 13.0. The van der Waals surface area contributed by atoms with E-state index in [1.165, 1.54) is 12.1 Å². The zero-order valence-electron chi connectivity index (χ0n) is 10.5. The molecule has 1 atom stereocenters. The van der Waals surface area contributed by atoms with Crippen LogP contribution in [0.15, 0.2) is 47.1 Å². The van der Waals surface area contributed by atoms with Crippen LogP contribution < -0.4 is 10.6 Å². The number of nitrogens with one attached hydrogen (secondary N) is 2. The van der Waals surface area contributed by atoms with E-state index in [1.54, 1.807) is 37.5 Å². The molecule has 0 spiro atoms. The van der Waals surface area contributed by atoms with E-state index in [1.807, 2.05) is 0 Å². The SMILES string of the molecule is CC(Nc1cccc(F)c1)C(=O)NCc1ccco1. The highest BCUT2D eigenvalue weighted by Gasteiger charge is 2.12. The minimum absolute atomic E-state index is 0.180. The predicted octanol–water partition coefficient (Wildman–Crippen LogP) is 2.54. The van der Waals surface area contributed by atoms with Crippen molar-refractivity contribution in [3.05, 3.63) is 54.2 Å². The predicted molar refractivity (Wildman–Crippen MR) is 70.0 cm³/mol. The quantitative estimate of drug-likeness (QED) is 0.870. The largest absolute Gasteiger partial charge is 0.467 e. The fourth-order valence-electron chi connectivity index (χ4n) is 1.63. The number of furan rings is 1. The first-order chi connectivity index (χ1) is 9.15. The van der Waals surface area contributed by atoms with Gasteiger partial charge in [-0.3, -0.25) is 4.79 Å². The van der Waals surface area contributed by atoms with Crippen LogP contribution in [0.1, 0.15) is 12.7 Å². The molecule has 0 aliphatic carbocycles. The zero-order chi connectivity index (χ0) is 13.7. The lowest BCUT2D eigenvalue weighted by atomic mass is 10.2. The summed E-state index contributed by atoms with van der Waals surface area (Å²) < 4.78 is 18.1. The summed E-state index contributed by atoms with van der Waals surface area (Å²) >= 11 is 0. The molecule has 2 rings (SSSR count). The van der Waals surface area contributed by atoms with Crippen LogP contribution >= 0.6 is 0 Å². The van der Waals surface area contributed by atoms with E-state index in [2.05, 4.69) is 10.6 Å². The molecule has 0 aliphatic heterocycles. The summed E-state index contributed by atoms with van der Waals surface area (Å²) in [4.78, 5) is 11.8. The number of hydrogen-bond donors (Lipinski definition) is 2. The molecule has 100 valence electrons. The van der Waals surface area contributed by atoms with Gasteiger partial charge in [-0.2, -0.15) is 0 Å². The number of benzene rings is 1. The van der Waals surface area contributed by atoms with Gasteiger partial charge in [-0.05, 0) is 37.3 Å². The number of halogens is 1. The van der Waals surface area contributed by atoms with Crippen LogP contribution in [0.4, 0.5) is 10.1 Å². The summed E-state index contributed by atoms with van der Waals surface area (Å²) in [5.41, 5.74) is 0.570. The monoisotopic (exact) mass is 262 g/mol. The number of carbonyl (C=O) groups excluding carboxylic acids is 1. The molecule has 4 nitrogen and oxygen atoms in total. The normalized spacial score (nSPS) is 11.9. The van der Waals surface area contributed by atoms with Crippen molar-refractivity contribution >= 4 is 11.6 Å². The number of anilines is 1. The molecule has 1 unspecified atom stereocenters.